The smallest absolute Gasteiger partial charge is 0.872 e. The number of carboxylic acid groups (broad SMARTS) is 2. The van der Waals surface area contributed by atoms with E-state index in [0.717, 1.165) is 12.8 Å². The summed E-state index contributed by atoms with van der Waals surface area (Å²) < 4.78 is 0. The zero-order valence-corrected chi connectivity index (χ0v) is 36.7. The van der Waals surface area contributed by atoms with Gasteiger partial charge >= 0.3 is 51.2 Å². The molecule has 15 heteroatoms. The molecule has 6 rings (SSSR count). The van der Waals surface area contributed by atoms with Gasteiger partial charge in [-0.05, 0) is 46.2 Å². The molecule has 331 valence electrons. The summed E-state index contributed by atoms with van der Waals surface area (Å²) >= 11 is 0. The second-order valence-electron chi connectivity index (χ2n) is 12.3. The van der Waals surface area contributed by atoms with Crippen LogP contribution in [0.5, 0.6) is 23.0 Å². The summed E-state index contributed by atoms with van der Waals surface area (Å²) in [6, 6.07) is 43.3. The maximum atomic E-state index is 11.4. The number of hydrogen-bond acceptors (Lipinski definition) is 12. The average Bonchev–Trinajstić information content (AvgIpc) is 3.26. The van der Waals surface area contributed by atoms with Crippen LogP contribution in [0.3, 0.4) is 0 Å². The van der Waals surface area contributed by atoms with Crippen LogP contribution in [0.2, 0.25) is 0 Å². The van der Waals surface area contributed by atoms with Crippen molar-refractivity contribution < 1.29 is 91.4 Å². The molecule has 0 saturated heterocycles. The van der Waals surface area contributed by atoms with E-state index >= 15 is 0 Å². The molecule has 0 aliphatic carbocycles. The molecule has 0 amide bonds. The number of carbonyl (C=O) groups excluding carboxylic acids is 2. The number of aromatic carboxylic acids is 2. The molecule has 63 heavy (non-hydrogen) atoms. The third-order valence-electron chi connectivity index (χ3n) is 7.77. The second-order valence-corrected chi connectivity index (χ2v) is 12.3. The first-order valence-electron chi connectivity index (χ1n) is 18.7. The Balaban J connectivity index is 0.000000856. The van der Waals surface area contributed by atoms with Crippen LogP contribution in [0.15, 0.2) is 178 Å². The number of para-hydroxylation sites is 4. The molecule has 0 atom stereocenters. The molecule has 0 aliphatic heterocycles. The molecule has 12 nitrogen and oxygen atoms in total. The van der Waals surface area contributed by atoms with E-state index in [1.54, 1.807) is 110 Å². The Bertz CT molecular complexity index is 2040. The summed E-state index contributed by atoms with van der Waals surface area (Å²) in [5, 5.41) is 65.9. The Morgan fingerprint density at radius 1 is 0.365 bits per heavy atom. The van der Waals surface area contributed by atoms with Crippen molar-refractivity contribution in [3.8, 4) is 23.0 Å². The Labute approximate surface area is 399 Å². The van der Waals surface area contributed by atoms with E-state index in [-0.39, 0.29) is 85.3 Å². The SMILES string of the molecule is O=C([O-])c1ccccc1.O=C([O-])c1ccccc1.[Cu+2].[Cu+2].[Mn+2].[O-]c1ccccc1C=NCCCN=Cc1ccccc1[O-].[O-]c1ccccc1C=NCCCN=Cc1ccccc1[O-]. The van der Waals surface area contributed by atoms with Crippen LogP contribution in [0.25, 0.3) is 0 Å². The number of aliphatic imine (C=N–C) groups is 4. The molecule has 0 fully saturated rings. The fourth-order valence-corrected chi connectivity index (χ4v) is 4.66. The van der Waals surface area contributed by atoms with Crippen molar-refractivity contribution >= 4 is 36.8 Å². The molecule has 0 aliphatic rings. The van der Waals surface area contributed by atoms with Crippen molar-refractivity contribution in [1.82, 2.24) is 0 Å². The van der Waals surface area contributed by atoms with Gasteiger partial charge in [0.1, 0.15) is 0 Å². The van der Waals surface area contributed by atoms with Gasteiger partial charge in [-0.25, -0.2) is 0 Å². The minimum Gasteiger partial charge on any atom is -0.872 e. The van der Waals surface area contributed by atoms with Crippen molar-refractivity contribution in [3.05, 3.63) is 191 Å². The molecule has 0 unspecified atom stereocenters. The molecule has 0 saturated carbocycles. The van der Waals surface area contributed by atoms with Crippen molar-refractivity contribution in [1.29, 1.82) is 0 Å². The maximum Gasteiger partial charge on any atom is 2.00 e. The van der Waals surface area contributed by atoms with Crippen molar-refractivity contribution in [2.24, 2.45) is 20.0 Å². The van der Waals surface area contributed by atoms with Crippen LogP contribution in [0.4, 0.5) is 0 Å². The van der Waals surface area contributed by atoms with Gasteiger partial charge in [0.15, 0.2) is 0 Å². The fourth-order valence-electron chi connectivity index (χ4n) is 4.66. The number of benzene rings is 6. The van der Waals surface area contributed by atoms with Gasteiger partial charge in [-0.2, -0.15) is 0 Å². The quantitative estimate of drug-likeness (QED) is 0.0889. The van der Waals surface area contributed by atoms with Crippen molar-refractivity contribution in [2.75, 3.05) is 26.2 Å². The summed E-state index contributed by atoms with van der Waals surface area (Å²) in [4.78, 5) is 37.0. The monoisotopic (exact) mass is 983 g/mol. The second kappa shape index (κ2) is 34.3. The summed E-state index contributed by atoms with van der Waals surface area (Å²) in [6.07, 6.45) is 7.93. The zero-order valence-electron chi connectivity index (χ0n) is 33.6. The van der Waals surface area contributed by atoms with Crippen LogP contribution in [-0.4, -0.2) is 63.0 Å². The normalized spacial score (nSPS) is 10.2. The number of carbonyl (C=O) groups is 2. The Morgan fingerprint density at radius 3 is 0.762 bits per heavy atom. The topological polar surface area (TPSA) is 222 Å². The van der Waals surface area contributed by atoms with Crippen molar-refractivity contribution in [3.63, 3.8) is 0 Å². The molecular weight excluding hydrogens is 943 g/mol. The third kappa shape index (κ3) is 24.1. The number of nitrogens with zero attached hydrogens (tertiary/aromatic N) is 4. The Morgan fingerprint density at radius 2 is 0.571 bits per heavy atom. The van der Waals surface area contributed by atoms with E-state index in [9.17, 15) is 40.2 Å². The van der Waals surface area contributed by atoms with E-state index in [2.05, 4.69) is 20.0 Å². The summed E-state index contributed by atoms with van der Waals surface area (Å²) in [6.45, 7) is 2.41. The minimum atomic E-state index is -1.13. The summed E-state index contributed by atoms with van der Waals surface area (Å²) in [5.41, 5.74) is 2.83. The van der Waals surface area contributed by atoms with Crippen molar-refractivity contribution in [2.45, 2.75) is 12.8 Å². The minimum absolute atomic E-state index is 0. The van der Waals surface area contributed by atoms with E-state index in [1.165, 1.54) is 48.5 Å². The predicted octanol–water partition coefficient (Wildman–Crippen LogP) is 3.62. The van der Waals surface area contributed by atoms with Gasteiger partial charge in [0.25, 0.3) is 0 Å². The van der Waals surface area contributed by atoms with E-state index < -0.39 is 11.9 Å². The van der Waals surface area contributed by atoms with E-state index in [0.29, 0.717) is 48.4 Å². The van der Waals surface area contributed by atoms with Gasteiger partial charge in [0.2, 0.25) is 0 Å². The van der Waals surface area contributed by atoms with E-state index in [4.69, 9.17) is 0 Å². The molecule has 0 spiro atoms. The fraction of sp³-hybridized carbons (Fsp3) is 0.125. The summed E-state index contributed by atoms with van der Waals surface area (Å²) in [5.74, 6) is -2.35. The molecular formula is C48H42Cu2MnN4O8. The van der Waals surface area contributed by atoms with E-state index in [1.807, 2.05) is 24.3 Å². The first-order chi connectivity index (χ1) is 29.2. The first-order valence-corrected chi connectivity index (χ1v) is 18.7. The Kier molecular flexibility index (Phi) is 30.9. The van der Waals surface area contributed by atoms with Gasteiger partial charge in [-0.15, -0.1) is 23.0 Å². The van der Waals surface area contributed by atoms with Gasteiger partial charge in [-0.3, -0.25) is 20.0 Å². The molecule has 0 heterocycles. The van der Waals surface area contributed by atoms with Gasteiger partial charge in [0.05, 0.1) is 11.9 Å². The average molecular weight is 985 g/mol. The van der Waals surface area contributed by atoms with Crippen LogP contribution >= 0.6 is 0 Å². The van der Waals surface area contributed by atoms with Gasteiger partial charge in [-0.1, -0.05) is 158 Å². The van der Waals surface area contributed by atoms with Crippen LogP contribution in [0.1, 0.15) is 55.8 Å². The molecule has 0 aromatic heterocycles. The van der Waals surface area contributed by atoms with Crippen LogP contribution in [-0.2, 0) is 51.2 Å². The predicted molar refractivity (Wildman–Crippen MR) is 224 cm³/mol. The standard InChI is InChI=1S/2C17H18N2O2.2C7H6O2.2Cu.Mn/c2*20-16-8-3-1-6-14(16)12-18-10-5-11-19-13-15-7-2-4-9-17(15)21;2*8-7(9)6-4-2-1-3-5-6;;;/h2*1-4,6-9,12-13,20-21H,5,10-11H2;2*1-5H,(H,8,9);;;/q;;;;3*+2/p-6. The molecule has 0 bridgehead atoms. The molecule has 0 N–H and O–H groups in total. The van der Waals surface area contributed by atoms with Gasteiger partial charge < -0.3 is 40.2 Å². The van der Waals surface area contributed by atoms with Gasteiger partial charge in [0, 0.05) is 51.0 Å². The number of hydrogen-bond donors (Lipinski definition) is 0. The summed E-state index contributed by atoms with van der Waals surface area (Å²) in [7, 11) is 0. The van der Waals surface area contributed by atoms with Crippen LogP contribution < -0.4 is 30.6 Å². The molecule has 6 aromatic rings. The largest absolute Gasteiger partial charge is 2.00 e. The first kappa shape index (κ1) is 56.7. The Hall–Kier alpha value is -6.30. The number of carboxylic acids is 2. The third-order valence-corrected chi connectivity index (χ3v) is 7.77. The molecule has 3 radical (unpaired) electrons. The maximum absolute atomic E-state index is 11.4. The zero-order chi connectivity index (χ0) is 43.2. The molecule has 6 aromatic carbocycles. The number of rotatable bonds is 14. The van der Waals surface area contributed by atoms with Crippen LogP contribution in [0, 0.1) is 0 Å².